The maximum atomic E-state index is 13.3. The second-order valence-corrected chi connectivity index (χ2v) is 17.1. The molecule has 9 rings (SSSR count). The van der Waals surface area contributed by atoms with Gasteiger partial charge in [0.25, 0.3) is 11.8 Å². The van der Waals surface area contributed by atoms with Gasteiger partial charge in [-0.3, -0.25) is 34.3 Å². The number of aromatic nitrogens is 2. The van der Waals surface area contributed by atoms with Gasteiger partial charge >= 0.3 is 0 Å². The Hall–Kier alpha value is -5.06. The highest BCUT2D eigenvalue weighted by Crippen LogP contribution is 2.46. The molecule has 290 valence electrons. The fraction of sp³-hybridized carbons (Fsp3) is 0.500. The first-order valence-electron chi connectivity index (χ1n) is 19.9. The Bertz CT molecular complexity index is 2120. The van der Waals surface area contributed by atoms with Gasteiger partial charge in [-0.25, -0.2) is 14.8 Å². The van der Waals surface area contributed by atoms with E-state index in [1.807, 2.05) is 36.7 Å². The Kier molecular flexibility index (Phi) is 9.45. The highest BCUT2D eigenvalue weighted by atomic mass is 35.5. The summed E-state index contributed by atoms with van der Waals surface area (Å²) in [6.45, 7) is 16.3. The molecule has 6 aliphatic rings. The summed E-state index contributed by atoms with van der Waals surface area (Å²) in [6, 6.07) is 11.1. The van der Waals surface area contributed by atoms with Gasteiger partial charge in [0, 0.05) is 80.0 Å². The molecule has 14 heteroatoms. The smallest absolute Gasteiger partial charge is 0.262 e. The van der Waals surface area contributed by atoms with Crippen LogP contribution in [0.2, 0.25) is 5.02 Å². The molecule has 5 fully saturated rings. The summed E-state index contributed by atoms with van der Waals surface area (Å²) in [6.07, 6.45) is 10.9. The maximum absolute atomic E-state index is 13.3. The van der Waals surface area contributed by atoms with Gasteiger partial charge in [0.15, 0.2) is 0 Å². The Morgan fingerprint density at radius 2 is 1.61 bits per heavy atom. The summed E-state index contributed by atoms with van der Waals surface area (Å²) in [5.41, 5.74) is 4.59. The molecule has 1 aromatic heterocycles. The number of carbonyl (C=O) groups excluding carboxylic acids is 4. The van der Waals surface area contributed by atoms with Gasteiger partial charge in [-0.05, 0) is 112 Å². The number of likely N-dealkylation sites (tertiary alicyclic amines) is 1. The largest absolute Gasteiger partial charge is 0.368 e. The van der Waals surface area contributed by atoms with Crippen molar-refractivity contribution in [1.82, 2.24) is 25.1 Å². The van der Waals surface area contributed by atoms with Crippen LogP contribution in [0.15, 0.2) is 48.8 Å². The van der Waals surface area contributed by atoms with Crippen molar-refractivity contribution in [1.29, 1.82) is 0 Å². The van der Waals surface area contributed by atoms with E-state index in [2.05, 4.69) is 36.7 Å². The number of anilines is 3. The van der Waals surface area contributed by atoms with Crippen LogP contribution in [0, 0.1) is 17.9 Å². The van der Waals surface area contributed by atoms with Crippen molar-refractivity contribution in [3.8, 4) is 0 Å². The lowest BCUT2D eigenvalue weighted by atomic mass is 9.77. The molecule has 1 unspecified atom stereocenters. The molecule has 2 aromatic carbocycles. The third-order valence-corrected chi connectivity index (χ3v) is 13.6. The monoisotopic (exact) mass is 775 g/mol. The zero-order chi connectivity index (χ0) is 38.7. The van der Waals surface area contributed by atoms with Crippen LogP contribution < -0.4 is 20.0 Å². The predicted octanol–water partition coefficient (Wildman–Crippen LogP) is 5.11. The number of fused-ring (bicyclic) bond motifs is 1. The van der Waals surface area contributed by atoms with Crippen molar-refractivity contribution in [2.75, 3.05) is 60.5 Å². The molecule has 0 bridgehead atoms. The van der Waals surface area contributed by atoms with E-state index in [4.69, 9.17) is 28.1 Å². The number of piperidine rings is 3. The van der Waals surface area contributed by atoms with Gasteiger partial charge in [-0.2, -0.15) is 0 Å². The molecule has 4 amide bonds. The third-order valence-electron chi connectivity index (χ3n) is 13.3. The summed E-state index contributed by atoms with van der Waals surface area (Å²) in [4.78, 5) is 74.2. The van der Waals surface area contributed by atoms with Crippen molar-refractivity contribution < 1.29 is 19.2 Å². The fourth-order valence-corrected chi connectivity index (χ4v) is 10.2. The van der Waals surface area contributed by atoms with Crippen LogP contribution in [0.1, 0.15) is 78.1 Å². The van der Waals surface area contributed by atoms with Crippen molar-refractivity contribution in [3.05, 3.63) is 81.9 Å². The van der Waals surface area contributed by atoms with E-state index in [-0.39, 0.29) is 24.2 Å². The Balaban J connectivity index is 0.725. The van der Waals surface area contributed by atoms with E-state index in [0.717, 1.165) is 107 Å². The highest BCUT2D eigenvalue weighted by molar-refractivity contribution is 6.33. The number of hydrogen-bond acceptors (Lipinski definition) is 10. The molecule has 0 saturated carbocycles. The van der Waals surface area contributed by atoms with Gasteiger partial charge in [-0.1, -0.05) is 17.7 Å². The minimum absolute atomic E-state index is 0.102. The summed E-state index contributed by atoms with van der Waals surface area (Å²) in [5, 5.41) is 2.77. The first-order valence-corrected chi connectivity index (χ1v) is 20.3. The van der Waals surface area contributed by atoms with Crippen LogP contribution in [0.4, 0.5) is 23.0 Å². The fourth-order valence-electron chi connectivity index (χ4n) is 10.00. The lowest BCUT2D eigenvalue weighted by Gasteiger charge is -2.48. The van der Waals surface area contributed by atoms with Crippen LogP contribution in [-0.2, 0) is 16.0 Å². The Morgan fingerprint density at radius 1 is 0.893 bits per heavy atom. The molecule has 1 spiro atoms. The van der Waals surface area contributed by atoms with Crippen molar-refractivity contribution in [2.45, 2.75) is 76.4 Å². The molecular weight excluding hydrogens is 730 g/mol. The first kappa shape index (κ1) is 36.6. The lowest BCUT2D eigenvalue weighted by Crippen LogP contribution is -2.61. The molecule has 3 aromatic rings. The van der Waals surface area contributed by atoms with Crippen molar-refractivity contribution in [3.63, 3.8) is 0 Å². The standard InChI is InChI=1S/C42H46ClN9O4/c1-26-20-42(25-51(26)30-4-6-35(44-2)34(43)19-30)11-15-49(16-12-42)41-45-21-28(22-46-41)17-27-9-13-48(14-10-27)31-23-50(24-31)29-3-5-32-33(18-29)40(56)52(39(32)55)36-7-8-37(53)47-38(36)54/h3-6,18-19,21-22,26-27,31,36H,7-17,20,23-25H2,1H3,(H,47,53,54)/t26-,36?/m0/s1. The topological polar surface area (TPSA) is 127 Å². The van der Waals surface area contributed by atoms with E-state index in [9.17, 15) is 19.2 Å². The normalized spacial score (nSPS) is 24.4. The van der Waals surface area contributed by atoms with Crippen LogP contribution in [0.5, 0.6) is 0 Å². The number of halogens is 1. The summed E-state index contributed by atoms with van der Waals surface area (Å²) < 4.78 is 0. The second kappa shape index (κ2) is 14.5. The molecule has 1 N–H and O–H groups in total. The minimum atomic E-state index is -0.959. The number of carbonyl (C=O) groups is 4. The molecule has 7 heterocycles. The number of imide groups is 2. The molecule has 0 radical (unpaired) electrons. The SMILES string of the molecule is [C-]#[N+]c1ccc(N2CC3(CCN(c4ncc(CC5CCN(C6CN(c7ccc8c(c7)C(=O)N(C7CCC(=O)NC7=O)C8=O)C6)CC5)cn4)CC3)C[C@@H]2C)cc1Cl. The zero-order valence-corrected chi connectivity index (χ0v) is 32.4. The number of nitrogens with one attached hydrogen (secondary N) is 1. The van der Waals surface area contributed by atoms with Gasteiger partial charge in [-0.15, -0.1) is 0 Å². The first-order chi connectivity index (χ1) is 27.1. The number of amides is 4. The average Bonchev–Trinajstić information content (AvgIpc) is 3.63. The summed E-state index contributed by atoms with van der Waals surface area (Å²) >= 11 is 6.38. The van der Waals surface area contributed by atoms with E-state index in [1.54, 1.807) is 12.1 Å². The highest BCUT2D eigenvalue weighted by Gasteiger charge is 2.46. The molecule has 5 saturated heterocycles. The Labute approximate surface area is 331 Å². The van der Waals surface area contributed by atoms with Crippen molar-refractivity contribution >= 4 is 58.2 Å². The Morgan fingerprint density at radius 3 is 2.30 bits per heavy atom. The van der Waals surface area contributed by atoms with E-state index in [0.29, 0.717) is 39.8 Å². The second-order valence-electron chi connectivity index (χ2n) is 16.7. The maximum Gasteiger partial charge on any atom is 0.262 e. The van der Waals surface area contributed by atoms with Crippen LogP contribution in [-0.4, -0.2) is 107 Å². The van der Waals surface area contributed by atoms with Gasteiger partial charge in [0.1, 0.15) is 6.04 Å². The van der Waals surface area contributed by atoms with Gasteiger partial charge in [0.05, 0.1) is 17.7 Å². The molecular formula is C42H46ClN9O4. The molecule has 2 atom stereocenters. The zero-order valence-electron chi connectivity index (χ0n) is 31.6. The number of benzene rings is 2. The summed E-state index contributed by atoms with van der Waals surface area (Å²) in [5.74, 6) is -0.511. The average molecular weight is 776 g/mol. The molecule has 0 aliphatic carbocycles. The van der Waals surface area contributed by atoms with Gasteiger partial charge < -0.3 is 14.7 Å². The van der Waals surface area contributed by atoms with E-state index in [1.165, 1.54) is 5.56 Å². The molecule has 13 nitrogen and oxygen atoms in total. The lowest BCUT2D eigenvalue weighted by molar-refractivity contribution is -0.136. The molecule has 6 aliphatic heterocycles. The third kappa shape index (κ3) is 6.66. The van der Waals surface area contributed by atoms with Gasteiger partial charge in [0.2, 0.25) is 23.5 Å². The van der Waals surface area contributed by atoms with Crippen LogP contribution >= 0.6 is 11.6 Å². The van der Waals surface area contributed by atoms with E-state index < -0.39 is 23.8 Å². The number of rotatable bonds is 7. The summed E-state index contributed by atoms with van der Waals surface area (Å²) in [7, 11) is 0. The van der Waals surface area contributed by atoms with Crippen molar-refractivity contribution in [2.24, 2.45) is 11.3 Å². The quantitative estimate of drug-likeness (QED) is 0.256. The molecule has 56 heavy (non-hydrogen) atoms. The van der Waals surface area contributed by atoms with E-state index >= 15 is 0 Å². The predicted molar refractivity (Wildman–Crippen MR) is 212 cm³/mol. The van der Waals surface area contributed by atoms with Crippen LogP contribution in [0.3, 0.4) is 0 Å². The number of nitrogens with zero attached hydrogens (tertiary/aromatic N) is 8. The minimum Gasteiger partial charge on any atom is -0.368 e. The number of hydrogen-bond donors (Lipinski definition) is 1. The van der Waals surface area contributed by atoms with Crippen LogP contribution in [0.25, 0.3) is 4.85 Å².